The highest BCUT2D eigenvalue weighted by atomic mass is 16.2. The fourth-order valence-corrected chi connectivity index (χ4v) is 5.76. The molecule has 1 aromatic carbocycles. The van der Waals surface area contributed by atoms with Crippen molar-refractivity contribution in [2.45, 2.75) is 123 Å². The number of aryl methyl sites for hydroxylation is 2. The molecule has 0 saturated heterocycles. The summed E-state index contributed by atoms with van der Waals surface area (Å²) >= 11 is 0. The van der Waals surface area contributed by atoms with Gasteiger partial charge in [0, 0.05) is 24.9 Å². The van der Waals surface area contributed by atoms with Gasteiger partial charge in [0.1, 0.15) is 17.5 Å². The van der Waals surface area contributed by atoms with Gasteiger partial charge in [-0.1, -0.05) is 76.1 Å². The monoisotopic (exact) mass is 425 g/mol. The van der Waals surface area contributed by atoms with E-state index < -0.39 is 5.92 Å². The molecule has 31 heavy (non-hydrogen) atoms. The molecule has 0 spiro atoms. The molecule has 1 N–H and O–H groups in total. The second kappa shape index (κ2) is 10.9. The van der Waals surface area contributed by atoms with Crippen LogP contribution in [0.3, 0.4) is 0 Å². The van der Waals surface area contributed by atoms with Crippen LogP contribution in [-0.4, -0.2) is 23.7 Å². The summed E-state index contributed by atoms with van der Waals surface area (Å²) in [5, 5.41) is 3.86. The van der Waals surface area contributed by atoms with Gasteiger partial charge in [-0.2, -0.15) is 0 Å². The highest BCUT2D eigenvalue weighted by molar-refractivity contribution is 6.10. The fraction of sp³-hybridized carbons (Fsp3) is 0.714. The molecule has 0 atom stereocenters. The Hall–Kier alpha value is -1.48. The van der Waals surface area contributed by atoms with Gasteiger partial charge in [0.15, 0.2) is 0 Å². The smallest absolute Gasteiger partial charge is 0.148 e. The van der Waals surface area contributed by atoms with Crippen molar-refractivity contribution in [2.24, 2.45) is 5.41 Å². The first kappa shape index (κ1) is 24.2. The lowest BCUT2D eigenvalue weighted by atomic mass is 9.69. The maximum atomic E-state index is 12.2. The van der Waals surface area contributed by atoms with Crippen LogP contribution in [0.25, 0.3) is 0 Å². The SMILES string of the molecule is C1CCC(NC2CCCCC2)CC1.Cc1ccc(C2C(=O)CC(C)(C)CC2=O)c(C)c1. The summed E-state index contributed by atoms with van der Waals surface area (Å²) < 4.78 is 0. The van der Waals surface area contributed by atoms with E-state index in [0.29, 0.717) is 12.8 Å². The number of rotatable bonds is 3. The molecular weight excluding hydrogens is 382 g/mol. The highest BCUT2D eigenvalue weighted by Gasteiger charge is 2.40. The molecule has 0 bridgehead atoms. The molecule has 3 nitrogen and oxygen atoms in total. The first-order valence-electron chi connectivity index (χ1n) is 12.6. The Kier molecular flexibility index (Phi) is 8.50. The Morgan fingerprint density at radius 2 is 1.26 bits per heavy atom. The normalized spacial score (nSPS) is 23.4. The van der Waals surface area contributed by atoms with Gasteiger partial charge >= 0.3 is 0 Å². The van der Waals surface area contributed by atoms with Crippen LogP contribution in [0.5, 0.6) is 0 Å². The third-order valence-electron chi connectivity index (χ3n) is 7.37. The summed E-state index contributed by atoms with van der Waals surface area (Å²) in [6.45, 7) is 7.97. The Bertz CT molecular complexity index is 718. The van der Waals surface area contributed by atoms with Crippen molar-refractivity contribution in [1.82, 2.24) is 5.32 Å². The number of benzene rings is 1. The summed E-state index contributed by atoms with van der Waals surface area (Å²) in [5.74, 6) is -0.384. The molecule has 0 amide bonds. The molecule has 0 aliphatic heterocycles. The molecule has 4 rings (SSSR count). The summed E-state index contributed by atoms with van der Waals surface area (Å²) in [5.41, 5.74) is 2.92. The molecule has 0 aromatic heterocycles. The van der Waals surface area contributed by atoms with Crippen LogP contribution in [0, 0.1) is 19.3 Å². The van der Waals surface area contributed by atoms with Gasteiger partial charge in [-0.25, -0.2) is 0 Å². The molecule has 3 aliphatic carbocycles. The van der Waals surface area contributed by atoms with E-state index in [-0.39, 0.29) is 17.0 Å². The number of carbonyl (C=O) groups is 2. The average molecular weight is 426 g/mol. The lowest BCUT2D eigenvalue weighted by Crippen LogP contribution is -2.40. The van der Waals surface area contributed by atoms with Gasteiger partial charge in [-0.05, 0) is 56.1 Å². The third kappa shape index (κ3) is 7.00. The van der Waals surface area contributed by atoms with Crippen molar-refractivity contribution >= 4 is 11.6 Å². The minimum absolute atomic E-state index is 0.0724. The lowest BCUT2D eigenvalue weighted by molar-refractivity contribution is -0.135. The lowest BCUT2D eigenvalue weighted by Gasteiger charge is -2.32. The third-order valence-corrected chi connectivity index (χ3v) is 7.37. The average Bonchev–Trinajstić information content (AvgIpc) is 2.70. The largest absolute Gasteiger partial charge is 0.311 e. The van der Waals surface area contributed by atoms with Crippen LogP contribution in [0.1, 0.15) is 114 Å². The minimum Gasteiger partial charge on any atom is -0.311 e. The van der Waals surface area contributed by atoms with Gasteiger partial charge in [-0.15, -0.1) is 0 Å². The maximum absolute atomic E-state index is 12.2. The first-order valence-corrected chi connectivity index (χ1v) is 12.6. The number of nitrogens with one attached hydrogen (secondary N) is 1. The molecule has 0 heterocycles. The van der Waals surface area contributed by atoms with Crippen molar-refractivity contribution in [3.05, 3.63) is 34.9 Å². The molecule has 0 radical (unpaired) electrons. The van der Waals surface area contributed by atoms with Crippen LogP contribution in [0.15, 0.2) is 18.2 Å². The molecular formula is C28H43NO2. The van der Waals surface area contributed by atoms with Crippen molar-refractivity contribution in [3.8, 4) is 0 Å². The van der Waals surface area contributed by atoms with Gasteiger partial charge < -0.3 is 5.32 Å². The van der Waals surface area contributed by atoms with Crippen LogP contribution >= 0.6 is 0 Å². The number of carbonyl (C=O) groups excluding carboxylic acids is 2. The second-order valence-electron chi connectivity index (χ2n) is 11.1. The molecule has 0 unspecified atom stereocenters. The van der Waals surface area contributed by atoms with Crippen molar-refractivity contribution < 1.29 is 9.59 Å². The predicted octanol–water partition coefficient (Wildman–Crippen LogP) is 6.59. The summed E-state index contributed by atoms with van der Waals surface area (Å²) in [6.07, 6.45) is 15.6. The summed E-state index contributed by atoms with van der Waals surface area (Å²) in [6, 6.07) is 7.69. The second-order valence-corrected chi connectivity index (χ2v) is 11.1. The number of ketones is 2. The van der Waals surface area contributed by atoms with E-state index in [0.717, 1.165) is 28.8 Å². The standard InChI is InChI=1S/C16H20O2.C12H23N/c1-10-5-6-12(11(2)7-10)15-13(17)8-16(3,4)9-14(15)18;1-3-7-11(8-4-1)13-12-9-5-2-6-10-12/h5-7,15H,8-9H2,1-4H3;11-13H,1-10H2. The quantitative estimate of drug-likeness (QED) is 0.556. The van der Waals surface area contributed by atoms with Gasteiger partial charge in [0.25, 0.3) is 0 Å². The van der Waals surface area contributed by atoms with E-state index in [1.54, 1.807) is 0 Å². The fourth-order valence-electron chi connectivity index (χ4n) is 5.76. The summed E-state index contributed by atoms with van der Waals surface area (Å²) in [7, 11) is 0. The Balaban J connectivity index is 0.000000185. The van der Waals surface area contributed by atoms with Crippen molar-refractivity contribution in [3.63, 3.8) is 0 Å². The van der Waals surface area contributed by atoms with E-state index in [1.165, 1.54) is 64.2 Å². The topological polar surface area (TPSA) is 46.2 Å². The van der Waals surface area contributed by atoms with E-state index in [1.807, 2.05) is 45.9 Å². The molecule has 3 saturated carbocycles. The Labute approximate surface area is 189 Å². The molecule has 3 aliphatic rings. The van der Waals surface area contributed by atoms with E-state index in [2.05, 4.69) is 5.32 Å². The molecule has 172 valence electrons. The summed E-state index contributed by atoms with van der Waals surface area (Å²) in [4.78, 5) is 24.5. The van der Waals surface area contributed by atoms with Gasteiger partial charge in [0.05, 0.1) is 0 Å². The Morgan fingerprint density at radius 3 is 1.71 bits per heavy atom. The molecule has 3 fully saturated rings. The van der Waals surface area contributed by atoms with E-state index in [9.17, 15) is 9.59 Å². The number of hydrogen-bond donors (Lipinski definition) is 1. The minimum atomic E-state index is -0.529. The molecule has 1 aromatic rings. The van der Waals surface area contributed by atoms with Crippen LogP contribution in [0.4, 0.5) is 0 Å². The van der Waals surface area contributed by atoms with Gasteiger partial charge in [-0.3, -0.25) is 9.59 Å². The zero-order chi connectivity index (χ0) is 22.4. The number of hydrogen-bond acceptors (Lipinski definition) is 3. The van der Waals surface area contributed by atoms with E-state index >= 15 is 0 Å². The number of Topliss-reactive ketones (excluding diaryl/α,β-unsaturated/α-hetero) is 2. The zero-order valence-electron chi connectivity index (χ0n) is 20.3. The van der Waals surface area contributed by atoms with Crippen LogP contribution < -0.4 is 5.32 Å². The van der Waals surface area contributed by atoms with Gasteiger partial charge in [0.2, 0.25) is 0 Å². The van der Waals surface area contributed by atoms with Crippen molar-refractivity contribution in [2.75, 3.05) is 0 Å². The van der Waals surface area contributed by atoms with Crippen LogP contribution in [-0.2, 0) is 9.59 Å². The highest BCUT2D eigenvalue weighted by Crippen LogP contribution is 2.38. The van der Waals surface area contributed by atoms with E-state index in [4.69, 9.17) is 0 Å². The zero-order valence-corrected chi connectivity index (χ0v) is 20.3. The molecule has 3 heteroatoms. The van der Waals surface area contributed by atoms with Crippen molar-refractivity contribution in [1.29, 1.82) is 0 Å². The predicted molar refractivity (Wildman–Crippen MR) is 129 cm³/mol. The Morgan fingerprint density at radius 1 is 0.774 bits per heavy atom. The first-order chi connectivity index (χ1) is 14.7. The maximum Gasteiger partial charge on any atom is 0.148 e. The van der Waals surface area contributed by atoms with Crippen LogP contribution in [0.2, 0.25) is 0 Å².